The van der Waals surface area contributed by atoms with Gasteiger partial charge in [0.05, 0.1) is 18.8 Å². The topological polar surface area (TPSA) is 84.9 Å². The van der Waals surface area contributed by atoms with Crippen molar-refractivity contribution in [2.24, 2.45) is 0 Å². The van der Waals surface area contributed by atoms with Crippen molar-refractivity contribution < 1.29 is 24.0 Å². The van der Waals surface area contributed by atoms with Crippen molar-refractivity contribution >= 4 is 19.1 Å². The van der Waals surface area contributed by atoms with Crippen molar-refractivity contribution in [1.82, 2.24) is 5.32 Å². The molecule has 0 spiro atoms. The quantitative estimate of drug-likeness (QED) is 0.425. The van der Waals surface area contributed by atoms with E-state index in [1.54, 1.807) is 0 Å². The van der Waals surface area contributed by atoms with E-state index in [2.05, 4.69) is 11.9 Å². The zero-order valence-electron chi connectivity index (χ0n) is 10.0. The van der Waals surface area contributed by atoms with Crippen molar-refractivity contribution in [3.63, 3.8) is 0 Å². The second-order valence-corrected chi connectivity index (χ2v) is 3.66. The lowest BCUT2D eigenvalue weighted by Crippen LogP contribution is -2.42. The molecule has 0 aromatic rings. The molecule has 6 nitrogen and oxygen atoms in total. The van der Waals surface area contributed by atoms with Crippen molar-refractivity contribution in [3.05, 3.63) is 36.0 Å². The van der Waals surface area contributed by atoms with E-state index in [9.17, 15) is 9.59 Å². The lowest BCUT2D eigenvalue weighted by molar-refractivity contribution is -0.141. The fraction of sp³-hybridized carbons (Fsp3) is 0.273. The highest BCUT2D eigenvalue weighted by Gasteiger charge is 2.31. The van der Waals surface area contributed by atoms with Crippen molar-refractivity contribution in [3.8, 4) is 0 Å². The molecule has 0 bridgehead atoms. The third kappa shape index (κ3) is 4.88. The number of carbonyl (C=O) groups excluding carboxylic acids is 2. The minimum atomic E-state index is -1.13. The molecule has 0 aromatic heterocycles. The van der Waals surface area contributed by atoms with Gasteiger partial charge in [-0.15, -0.1) is 0 Å². The van der Waals surface area contributed by atoms with Crippen LogP contribution >= 0.6 is 0 Å². The maximum Gasteiger partial charge on any atom is 0.635 e. The van der Waals surface area contributed by atoms with Gasteiger partial charge in [0.15, 0.2) is 0 Å². The Bertz CT molecular complexity index is 394. The monoisotopic (exact) mass is 251 g/mol. The summed E-state index contributed by atoms with van der Waals surface area (Å²) in [5, 5.41) is 11.5. The van der Waals surface area contributed by atoms with Crippen LogP contribution in [0.15, 0.2) is 36.0 Å². The Balaban J connectivity index is 2.68. The Kier molecular flexibility index (Phi) is 5.19. The normalized spacial score (nSPS) is 18.1. The summed E-state index contributed by atoms with van der Waals surface area (Å²) in [4.78, 5) is 22.5. The standard InChI is InChI=1S/C11H14BNO5/c1-8(4-3-5-9(2)14)12-17-10(15)6-13-7-11(16)18-12/h3-5,13-14H,1,6-7H2,2H3/b4-3-,9-5+. The third-order valence-corrected chi connectivity index (χ3v) is 1.97. The van der Waals surface area contributed by atoms with Crippen LogP contribution in [0.1, 0.15) is 6.92 Å². The number of aliphatic hydroxyl groups is 1. The summed E-state index contributed by atoms with van der Waals surface area (Å²) >= 11 is 0. The van der Waals surface area contributed by atoms with Gasteiger partial charge in [0.2, 0.25) is 0 Å². The van der Waals surface area contributed by atoms with E-state index in [1.165, 1.54) is 25.2 Å². The number of aliphatic hydroxyl groups excluding tert-OH is 1. The lowest BCUT2D eigenvalue weighted by atomic mass is 9.78. The molecule has 7 heteroatoms. The summed E-state index contributed by atoms with van der Waals surface area (Å²) in [6.07, 6.45) is 4.43. The Morgan fingerprint density at radius 2 is 1.94 bits per heavy atom. The summed E-state index contributed by atoms with van der Waals surface area (Å²) < 4.78 is 9.81. The first kappa shape index (κ1) is 14.0. The maximum absolute atomic E-state index is 11.2. The molecule has 0 aliphatic carbocycles. The Hall–Kier alpha value is -2.02. The van der Waals surface area contributed by atoms with E-state index >= 15 is 0 Å². The predicted octanol–water partition coefficient (Wildman–Crippen LogP) is 0.278. The summed E-state index contributed by atoms with van der Waals surface area (Å²) in [5.41, 5.74) is 0.302. The third-order valence-electron chi connectivity index (χ3n) is 1.97. The van der Waals surface area contributed by atoms with Crippen LogP contribution in [0.3, 0.4) is 0 Å². The van der Waals surface area contributed by atoms with Gasteiger partial charge in [-0.1, -0.05) is 18.7 Å². The van der Waals surface area contributed by atoms with Gasteiger partial charge in [-0.2, -0.15) is 0 Å². The number of rotatable bonds is 3. The van der Waals surface area contributed by atoms with Gasteiger partial charge < -0.3 is 14.4 Å². The first-order valence-electron chi connectivity index (χ1n) is 5.31. The van der Waals surface area contributed by atoms with Crippen LogP contribution in [0.5, 0.6) is 0 Å². The Morgan fingerprint density at radius 1 is 1.39 bits per heavy atom. The number of hydrogen-bond donors (Lipinski definition) is 2. The van der Waals surface area contributed by atoms with Crippen LogP contribution in [-0.4, -0.2) is 37.3 Å². The van der Waals surface area contributed by atoms with E-state index in [0.29, 0.717) is 5.47 Å². The van der Waals surface area contributed by atoms with Crippen LogP contribution in [0, 0.1) is 0 Å². The SMILES string of the molecule is C=C(/C=C\C=C(/C)O)B1OC(=O)CNCC(=O)O1. The fourth-order valence-corrected chi connectivity index (χ4v) is 1.15. The second kappa shape index (κ2) is 6.66. The average molecular weight is 251 g/mol. The minimum Gasteiger partial charge on any atom is -0.513 e. The average Bonchev–Trinajstić information content (AvgIpc) is 2.25. The van der Waals surface area contributed by atoms with Crippen molar-refractivity contribution in [2.75, 3.05) is 13.1 Å². The van der Waals surface area contributed by atoms with Crippen LogP contribution in [0.2, 0.25) is 0 Å². The van der Waals surface area contributed by atoms with Crippen molar-refractivity contribution in [2.45, 2.75) is 6.92 Å². The zero-order valence-corrected chi connectivity index (χ0v) is 10.0. The van der Waals surface area contributed by atoms with Gasteiger partial charge >= 0.3 is 19.1 Å². The van der Waals surface area contributed by atoms with Gasteiger partial charge in [0, 0.05) is 5.47 Å². The van der Waals surface area contributed by atoms with Crippen LogP contribution in [0.25, 0.3) is 0 Å². The van der Waals surface area contributed by atoms with Gasteiger partial charge in [-0.3, -0.25) is 14.9 Å². The molecule has 1 heterocycles. The molecule has 1 aliphatic heterocycles. The minimum absolute atomic E-state index is 0.0573. The molecule has 0 aromatic carbocycles. The molecule has 18 heavy (non-hydrogen) atoms. The molecule has 1 saturated heterocycles. The summed E-state index contributed by atoms with van der Waals surface area (Å²) in [5.74, 6) is -0.943. The first-order chi connectivity index (χ1) is 8.49. The molecule has 0 atom stereocenters. The molecule has 2 N–H and O–H groups in total. The molecule has 0 unspecified atom stereocenters. The van der Waals surface area contributed by atoms with E-state index in [0.717, 1.165) is 0 Å². The number of hydrogen-bond acceptors (Lipinski definition) is 6. The number of carbonyl (C=O) groups is 2. The lowest BCUT2D eigenvalue weighted by Gasteiger charge is -2.17. The highest BCUT2D eigenvalue weighted by Crippen LogP contribution is 2.06. The molecule has 0 amide bonds. The molecular weight excluding hydrogens is 237 g/mol. The fourth-order valence-electron chi connectivity index (χ4n) is 1.15. The van der Waals surface area contributed by atoms with E-state index < -0.39 is 19.1 Å². The van der Waals surface area contributed by atoms with Gasteiger partial charge in [-0.05, 0) is 13.0 Å². The highest BCUT2D eigenvalue weighted by molar-refractivity contribution is 6.58. The molecule has 1 rings (SSSR count). The van der Waals surface area contributed by atoms with E-state index in [-0.39, 0.29) is 18.8 Å². The maximum atomic E-state index is 11.2. The first-order valence-corrected chi connectivity index (χ1v) is 5.31. The molecule has 0 radical (unpaired) electrons. The van der Waals surface area contributed by atoms with Crippen molar-refractivity contribution in [1.29, 1.82) is 0 Å². The largest absolute Gasteiger partial charge is 0.635 e. The Labute approximate surface area is 105 Å². The predicted molar refractivity (Wildman–Crippen MR) is 65.5 cm³/mol. The molecule has 1 aliphatic rings. The smallest absolute Gasteiger partial charge is 0.513 e. The summed E-state index contributed by atoms with van der Waals surface area (Å²) in [7, 11) is -1.13. The molecule has 1 fully saturated rings. The van der Waals surface area contributed by atoms with E-state index in [4.69, 9.17) is 14.4 Å². The highest BCUT2D eigenvalue weighted by atomic mass is 16.6. The zero-order chi connectivity index (χ0) is 13.5. The van der Waals surface area contributed by atoms with Crippen LogP contribution in [0.4, 0.5) is 0 Å². The van der Waals surface area contributed by atoms with E-state index in [1.807, 2.05) is 0 Å². The summed E-state index contributed by atoms with van der Waals surface area (Å²) in [6, 6.07) is 0. The van der Waals surface area contributed by atoms with Gasteiger partial charge in [0.25, 0.3) is 0 Å². The van der Waals surface area contributed by atoms with Crippen LogP contribution in [-0.2, 0) is 18.9 Å². The Morgan fingerprint density at radius 3 is 2.44 bits per heavy atom. The number of nitrogens with one attached hydrogen (secondary N) is 1. The van der Waals surface area contributed by atoms with Gasteiger partial charge in [0.1, 0.15) is 0 Å². The molecular formula is C11H14BNO5. The molecule has 0 saturated carbocycles. The number of allylic oxidation sites excluding steroid dienone is 5. The molecule has 96 valence electrons. The second-order valence-electron chi connectivity index (χ2n) is 3.66. The summed E-state index contributed by atoms with van der Waals surface area (Å²) in [6.45, 7) is 5.04. The van der Waals surface area contributed by atoms with Gasteiger partial charge in [-0.25, -0.2) is 0 Å². The van der Waals surface area contributed by atoms with Crippen LogP contribution < -0.4 is 5.32 Å².